The van der Waals surface area contributed by atoms with Crippen LogP contribution in [0, 0.1) is 11.8 Å². The molecule has 0 radical (unpaired) electrons. The molecule has 1 aliphatic rings. The average molecular weight is 284 g/mol. The lowest BCUT2D eigenvalue weighted by molar-refractivity contribution is -0.125. The Bertz CT molecular complexity index is 622. The maximum absolute atomic E-state index is 12.0. The van der Waals surface area contributed by atoms with Gasteiger partial charge in [-0.2, -0.15) is 0 Å². The highest BCUT2D eigenvalue weighted by Gasteiger charge is 2.47. The molecule has 2 atom stereocenters. The topological polar surface area (TPSA) is 71.3 Å². The summed E-state index contributed by atoms with van der Waals surface area (Å²) in [6.07, 6.45) is 2.16. The van der Waals surface area contributed by atoms with Crippen LogP contribution in [0.4, 0.5) is 5.69 Å². The van der Waals surface area contributed by atoms with E-state index in [9.17, 15) is 9.59 Å². The molecule has 5 nitrogen and oxygen atoms in total. The second-order valence-corrected chi connectivity index (χ2v) is 5.10. The molecular weight excluding hydrogens is 268 g/mol. The number of anilines is 1. The molecule has 0 spiro atoms. The van der Waals surface area contributed by atoms with Crippen LogP contribution in [0.3, 0.4) is 0 Å². The van der Waals surface area contributed by atoms with E-state index in [0.29, 0.717) is 18.7 Å². The first-order valence-electron chi connectivity index (χ1n) is 6.90. The highest BCUT2D eigenvalue weighted by Crippen LogP contribution is 2.39. The molecular formula is C16H16N2O3. The molecule has 1 saturated carbocycles. The van der Waals surface area contributed by atoms with Gasteiger partial charge in [0.15, 0.2) is 0 Å². The Morgan fingerprint density at radius 3 is 2.52 bits per heavy atom. The van der Waals surface area contributed by atoms with E-state index in [4.69, 9.17) is 4.42 Å². The van der Waals surface area contributed by atoms with E-state index in [1.807, 2.05) is 30.3 Å². The van der Waals surface area contributed by atoms with E-state index in [-0.39, 0.29) is 23.7 Å². The van der Waals surface area contributed by atoms with Gasteiger partial charge in [0, 0.05) is 5.69 Å². The number of benzene rings is 1. The molecule has 2 N–H and O–H groups in total. The minimum Gasteiger partial charge on any atom is -0.467 e. The Morgan fingerprint density at radius 2 is 1.81 bits per heavy atom. The second-order valence-electron chi connectivity index (χ2n) is 5.10. The molecule has 2 unspecified atom stereocenters. The van der Waals surface area contributed by atoms with Gasteiger partial charge >= 0.3 is 0 Å². The zero-order valence-corrected chi connectivity index (χ0v) is 11.4. The van der Waals surface area contributed by atoms with Crippen LogP contribution in [0.2, 0.25) is 0 Å². The molecule has 0 saturated heterocycles. The van der Waals surface area contributed by atoms with Crippen molar-refractivity contribution in [3.05, 3.63) is 54.5 Å². The van der Waals surface area contributed by atoms with Crippen LogP contribution in [-0.4, -0.2) is 11.8 Å². The Labute approximate surface area is 122 Å². The molecule has 1 heterocycles. The first kappa shape index (κ1) is 13.4. The molecule has 108 valence electrons. The van der Waals surface area contributed by atoms with Crippen LogP contribution >= 0.6 is 0 Å². The highest BCUT2D eigenvalue weighted by molar-refractivity contribution is 5.99. The van der Waals surface area contributed by atoms with Gasteiger partial charge in [-0.15, -0.1) is 0 Å². The van der Waals surface area contributed by atoms with Crippen molar-refractivity contribution in [2.45, 2.75) is 13.0 Å². The Balaban J connectivity index is 1.47. The smallest absolute Gasteiger partial charge is 0.228 e. The zero-order valence-electron chi connectivity index (χ0n) is 11.4. The van der Waals surface area contributed by atoms with Crippen molar-refractivity contribution < 1.29 is 14.0 Å². The Hall–Kier alpha value is -2.56. The summed E-state index contributed by atoms with van der Waals surface area (Å²) in [4.78, 5) is 23.9. The third kappa shape index (κ3) is 3.31. The van der Waals surface area contributed by atoms with Crippen molar-refractivity contribution in [3.8, 4) is 0 Å². The lowest BCUT2D eigenvalue weighted by Crippen LogP contribution is -2.26. The molecule has 1 fully saturated rings. The number of hydrogen-bond donors (Lipinski definition) is 2. The predicted molar refractivity (Wildman–Crippen MR) is 77.2 cm³/mol. The van der Waals surface area contributed by atoms with Gasteiger partial charge in [-0.1, -0.05) is 18.2 Å². The highest BCUT2D eigenvalue weighted by atomic mass is 16.3. The fourth-order valence-corrected chi connectivity index (χ4v) is 2.25. The fraction of sp³-hybridized carbons (Fsp3) is 0.250. The maximum Gasteiger partial charge on any atom is 0.228 e. The van der Waals surface area contributed by atoms with Crippen LogP contribution in [0.15, 0.2) is 53.1 Å². The fourth-order valence-electron chi connectivity index (χ4n) is 2.25. The largest absolute Gasteiger partial charge is 0.467 e. The van der Waals surface area contributed by atoms with Gasteiger partial charge in [0.25, 0.3) is 0 Å². The molecule has 2 aromatic rings. The molecule has 0 bridgehead atoms. The van der Waals surface area contributed by atoms with Gasteiger partial charge in [-0.25, -0.2) is 0 Å². The summed E-state index contributed by atoms with van der Waals surface area (Å²) in [5, 5.41) is 5.60. The third-order valence-corrected chi connectivity index (χ3v) is 3.52. The van der Waals surface area contributed by atoms with Gasteiger partial charge in [-0.05, 0) is 30.7 Å². The van der Waals surface area contributed by atoms with Crippen molar-refractivity contribution in [1.29, 1.82) is 0 Å². The molecule has 21 heavy (non-hydrogen) atoms. The van der Waals surface area contributed by atoms with Crippen molar-refractivity contribution in [2.75, 3.05) is 5.32 Å². The number of amides is 2. The lowest BCUT2D eigenvalue weighted by Gasteiger charge is -2.05. The predicted octanol–water partition coefficient (Wildman–Crippen LogP) is 2.17. The van der Waals surface area contributed by atoms with Crippen LogP contribution in [-0.2, 0) is 16.1 Å². The van der Waals surface area contributed by atoms with Crippen LogP contribution in [0.5, 0.6) is 0 Å². The van der Waals surface area contributed by atoms with E-state index in [0.717, 1.165) is 5.69 Å². The van der Waals surface area contributed by atoms with Crippen LogP contribution in [0.25, 0.3) is 0 Å². The summed E-state index contributed by atoms with van der Waals surface area (Å²) in [6, 6.07) is 12.8. The molecule has 2 amide bonds. The summed E-state index contributed by atoms with van der Waals surface area (Å²) in [5.74, 6) is 0.0405. The number of nitrogens with one attached hydrogen (secondary N) is 2. The quantitative estimate of drug-likeness (QED) is 0.884. The van der Waals surface area contributed by atoms with E-state index >= 15 is 0 Å². The minimum absolute atomic E-state index is 0.0976. The van der Waals surface area contributed by atoms with Crippen LogP contribution < -0.4 is 10.6 Å². The van der Waals surface area contributed by atoms with Crippen molar-refractivity contribution in [1.82, 2.24) is 5.32 Å². The first-order chi connectivity index (χ1) is 10.2. The summed E-state index contributed by atoms with van der Waals surface area (Å²) in [5.41, 5.74) is 0.754. The number of rotatable bonds is 5. The van der Waals surface area contributed by atoms with Gasteiger partial charge in [0.2, 0.25) is 11.8 Å². The molecule has 5 heteroatoms. The molecule has 0 aliphatic heterocycles. The number of carbonyl (C=O) groups excluding carboxylic acids is 2. The van der Waals surface area contributed by atoms with Gasteiger partial charge < -0.3 is 15.1 Å². The van der Waals surface area contributed by atoms with Gasteiger partial charge in [0.1, 0.15) is 5.76 Å². The van der Waals surface area contributed by atoms with E-state index < -0.39 is 0 Å². The van der Waals surface area contributed by atoms with Gasteiger partial charge in [-0.3, -0.25) is 9.59 Å². The zero-order chi connectivity index (χ0) is 14.7. The molecule has 1 aromatic carbocycles. The number of carbonyl (C=O) groups is 2. The average Bonchev–Trinajstić information content (AvgIpc) is 3.14. The third-order valence-electron chi connectivity index (χ3n) is 3.52. The number of hydrogen-bond acceptors (Lipinski definition) is 3. The normalized spacial score (nSPS) is 19.8. The van der Waals surface area contributed by atoms with E-state index in [1.165, 1.54) is 0 Å². The molecule has 1 aliphatic carbocycles. The summed E-state index contributed by atoms with van der Waals surface area (Å²) >= 11 is 0. The maximum atomic E-state index is 12.0. The van der Waals surface area contributed by atoms with Crippen molar-refractivity contribution >= 4 is 17.5 Å². The van der Waals surface area contributed by atoms with Gasteiger partial charge in [0.05, 0.1) is 24.6 Å². The Morgan fingerprint density at radius 1 is 1.05 bits per heavy atom. The minimum atomic E-state index is -0.234. The lowest BCUT2D eigenvalue weighted by atomic mass is 10.2. The monoisotopic (exact) mass is 284 g/mol. The molecule has 1 aromatic heterocycles. The number of para-hydroxylation sites is 1. The SMILES string of the molecule is O=C(NCc1ccco1)C1CC1C(=O)Nc1ccccc1. The van der Waals surface area contributed by atoms with E-state index in [1.54, 1.807) is 18.4 Å². The number of furan rings is 1. The summed E-state index contributed by atoms with van der Waals surface area (Å²) < 4.78 is 5.14. The molecule has 3 rings (SSSR count). The summed E-state index contributed by atoms with van der Waals surface area (Å²) in [7, 11) is 0. The Kier molecular flexibility index (Phi) is 3.73. The first-order valence-corrected chi connectivity index (χ1v) is 6.90. The van der Waals surface area contributed by atoms with Crippen molar-refractivity contribution in [3.63, 3.8) is 0 Å². The van der Waals surface area contributed by atoms with E-state index in [2.05, 4.69) is 10.6 Å². The second kappa shape index (κ2) is 5.83. The standard InChI is InChI=1S/C16H16N2O3/c19-15(17-10-12-7-4-8-21-12)13-9-14(13)16(20)18-11-5-2-1-3-6-11/h1-8,13-14H,9-10H2,(H,17,19)(H,18,20). The summed E-state index contributed by atoms with van der Waals surface area (Å²) in [6.45, 7) is 0.357. The van der Waals surface area contributed by atoms with Crippen LogP contribution in [0.1, 0.15) is 12.2 Å². The van der Waals surface area contributed by atoms with Crippen molar-refractivity contribution in [2.24, 2.45) is 11.8 Å².